The first-order valence-electron chi connectivity index (χ1n) is 17.2. The Bertz CT molecular complexity index is 528. The number of esters is 2. The van der Waals surface area contributed by atoms with E-state index in [0.717, 1.165) is 38.5 Å². The maximum absolute atomic E-state index is 11.9. The zero-order valence-corrected chi connectivity index (χ0v) is 26.3. The predicted octanol–water partition coefficient (Wildman–Crippen LogP) is 12.1. The van der Waals surface area contributed by atoms with Gasteiger partial charge < -0.3 is 4.74 Å². The van der Waals surface area contributed by atoms with Gasteiger partial charge in [0.2, 0.25) is 0 Å². The lowest BCUT2D eigenvalue weighted by Crippen LogP contribution is -2.11. The van der Waals surface area contributed by atoms with Crippen molar-refractivity contribution < 1.29 is 14.3 Å². The molecule has 0 bridgehead atoms. The predicted molar refractivity (Wildman–Crippen MR) is 170 cm³/mol. The Balaban J connectivity index is 3.37. The van der Waals surface area contributed by atoms with Crippen LogP contribution in [0.1, 0.15) is 194 Å². The van der Waals surface area contributed by atoms with Crippen LogP contribution in [-0.4, -0.2) is 11.9 Å². The lowest BCUT2D eigenvalue weighted by molar-refractivity contribution is -0.159. The number of carbonyl (C=O) groups is 2. The Morgan fingerprint density at radius 1 is 0.385 bits per heavy atom. The van der Waals surface area contributed by atoms with Crippen LogP contribution < -0.4 is 0 Å². The fraction of sp³-hybridized carbons (Fsp3) is 0.833. The van der Waals surface area contributed by atoms with Crippen molar-refractivity contribution in [3.05, 3.63) is 24.3 Å². The van der Waals surface area contributed by atoms with E-state index in [1.165, 1.54) is 128 Å². The molecule has 0 heterocycles. The van der Waals surface area contributed by atoms with E-state index in [4.69, 9.17) is 4.74 Å². The van der Waals surface area contributed by atoms with Crippen molar-refractivity contribution in [3.8, 4) is 0 Å². The molecule has 0 aliphatic heterocycles. The summed E-state index contributed by atoms with van der Waals surface area (Å²) in [6, 6.07) is 0. The molecular weight excluding hydrogens is 480 g/mol. The highest BCUT2D eigenvalue weighted by Crippen LogP contribution is 2.12. The molecule has 3 heteroatoms. The fourth-order valence-corrected chi connectivity index (χ4v) is 4.91. The van der Waals surface area contributed by atoms with Gasteiger partial charge in [-0.25, -0.2) is 0 Å². The molecule has 0 saturated carbocycles. The smallest absolute Gasteiger partial charge is 0.313 e. The van der Waals surface area contributed by atoms with Gasteiger partial charge in [0.15, 0.2) is 0 Å². The summed E-state index contributed by atoms with van der Waals surface area (Å²) in [6.07, 6.45) is 42.2. The van der Waals surface area contributed by atoms with E-state index in [1.54, 1.807) is 0 Å². The van der Waals surface area contributed by atoms with Gasteiger partial charge in [0.05, 0.1) is 0 Å². The number of hydrogen-bond acceptors (Lipinski definition) is 3. The Morgan fingerprint density at radius 2 is 0.641 bits per heavy atom. The molecule has 0 unspecified atom stereocenters. The molecule has 0 aliphatic carbocycles. The van der Waals surface area contributed by atoms with Crippen molar-refractivity contribution in [2.24, 2.45) is 0 Å². The van der Waals surface area contributed by atoms with Gasteiger partial charge in [-0.2, -0.15) is 0 Å². The van der Waals surface area contributed by atoms with Crippen molar-refractivity contribution in [1.29, 1.82) is 0 Å². The number of rotatable bonds is 30. The molecule has 0 saturated heterocycles. The number of ether oxygens (including phenoxy) is 1. The Kier molecular flexibility index (Phi) is 31.7. The van der Waals surface area contributed by atoms with Crippen LogP contribution in [0, 0.1) is 0 Å². The summed E-state index contributed by atoms with van der Waals surface area (Å²) in [6.45, 7) is 4.53. The highest BCUT2D eigenvalue weighted by molar-refractivity contribution is 5.85. The Morgan fingerprint density at radius 3 is 0.949 bits per heavy atom. The van der Waals surface area contributed by atoms with Gasteiger partial charge in [-0.15, -0.1) is 0 Å². The normalized spacial score (nSPS) is 11.6. The van der Waals surface area contributed by atoms with E-state index in [2.05, 4.69) is 38.2 Å². The zero-order chi connectivity index (χ0) is 28.5. The molecule has 228 valence electrons. The monoisotopic (exact) mass is 547 g/mol. The first-order chi connectivity index (χ1) is 19.2. The fourth-order valence-electron chi connectivity index (χ4n) is 4.91. The lowest BCUT2D eigenvalue weighted by atomic mass is 10.1. The standard InChI is InChI=1S/C36H66O3/c1-3-5-7-9-11-13-15-17-19-21-23-25-27-29-31-33-35(37)39-36(38)34-32-30-28-26-24-22-20-18-16-14-12-10-8-6-4-2/h17-20H,3-16,21-34H2,1-2H3/b19-17-,20-18?. The molecule has 0 spiro atoms. The first kappa shape index (κ1) is 37.6. The van der Waals surface area contributed by atoms with E-state index in [9.17, 15) is 9.59 Å². The van der Waals surface area contributed by atoms with Gasteiger partial charge in [-0.3, -0.25) is 9.59 Å². The first-order valence-corrected chi connectivity index (χ1v) is 17.2. The molecule has 0 aliphatic rings. The number of unbranched alkanes of at least 4 members (excludes halogenated alkanes) is 22. The minimum Gasteiger partial charge on any atom is -0.393 e. The van der Waals surface area contributed by atoms with Gasteiger partial charge in [0.25, 0.3) is 0 Å². The molecule has 3 nitrogen and oxygen atoms in total. The van der Waals surface area contributed by atoms with E-state index >= 15 is 0 Å². The molecule has 0 aromatic rings. The Hall–Kier alpha value is -1.38. The summed E-state index contributed by atoms with van der Waals surface area (Å²) in [7, 11) is 0. The average Bonchev–Trinajstić information content (AvgIpc) is 2.93. The molecule has 0 N–H and O–H groups in total. The maximum atomic E-state index is 11.9. The van der Waals surface area contributed by atoms with Crippen LogP contribution in [0.2, 0.25) is 0 Å². The van der Waals surface area contributed by atoms with E-state index < -0.39 is 0 Å². The second-order valence-corrected chi connectivity index (χ2v) is 11.5. The molecule has 0 amide bonds. The summed E-state index contributed by atoms with van der Waals surface area (Å²) in [5.41, 5.74) is 0. The second-order valence-electron chi connectivity index (χ2n) is 11.5. The van der Waals surface area contributed by atoms with Crippen molar-refractivity contribution >= 4 is 11.9 Å². The summed E-state index contributed by atoms with van der Waals surface area (Å²) in [5.74, 6) is -0.684. The van der Waals surface area contributed by atoms with E-state index in [0.29, 0.717) is 12.8 Å². The highest BCUT2D eigenvalue weighted by Gasteiger charge is 2.09. The van der Waals surface area contributed by atoms with Crippen LogP contribution in [0.15, 0.2) is 24.3 Å². The molecular formula is C36H66O3. The van der Waals surface area contributed by atoms with Crippen LogP contribution in [0.4, 0.5) is 0 Å². The van der Waals surface area contributed by atoms with Gasteiger partial charge in [-0.05, 0) is 64.2 Å². The second kappa shape index (κ2) is 32.8. The van der Waals surface area contributed by atoms with Gasteiger partial charge >= 0.3 is 11.9 Å². The highest BCUT2D eigenvalue weighted by atomic mass is 16.6. The molecule has 39 heavy (non-hydrogen) atoms. The minimum absolute atomic E-state index is 0.342. The third-order valence-corrected chi connectivity index (χ3v) is 7.51. The van der Waals surface area contributed by atoms with Crippen LogP contribution >= 0.6 is 0 Å². The summed E-state index contributed by atoms with van der Waals surface area (Å²) < 4.78 is 4.99. The largest absolute Gasteiger partial charge is 0.393 e. The zero-order valence-electron chi connectivity index (χ0n) is 26.3. The van der Waals surface area contributed by atoms with Gasteiger partial charge in [0, 0.05) is 12.8 Å². The van der Waals surface area contributed by atoms with Crippen molar-refractivity contribution in [3.63, 3.8) is 0 Å². The van der Waals surface area contributed by atoms with Crippen molar-refractivity contribution in [2.75, 3.05) is 0 Å². The van der Waals surface area contributed by atoms with Crippen LogP contribution in [0.25, 0.3) is 0 Å². The van der Waals surface area contributed by atoms with Crippen LogP contribution in [0.3, 0.4) is 0 Å². The third-order valence-electron chi connectivity index (χ3n) is 7.51. The third kappa shape index (κ3) is 32.7. The quantitative estimate of drug-likeness (QED) is 0.0389. The molecule has 0 radical (unpaired) electrons. The maximum Gasteiger partial charge on any atom is 0.313 e. The van der Waals surface area contributed by atoms with Gasteiger partial charge in [0.1, 0.15) is 0 Å². The van der Waals surface area contributed by atoms with Gasteiger partial charge in [-0.1, -0.05) is 141 Å². The topological polar surface area (TPSA) is 43.4 Å². The van der Waals surface area contributed by atoms with E-state index in [-0.39, 0.29) is 11.9 Å². The Labute approximate surface area is 244 Å². The summed E-state index contributed by atoms with van der Waals surface area (Å²) >= 11 is 0. The SMILES string of the molecule is CCCCCCCCC=CCCCCCCCC(=O)OC(=O)CCCCCCC/C=C\CCCCCCCC. The van der Waals surface area contributed by atoms with Crippen LogP contribution in [-0.2, 0) is 14.3 Å². The summed E-state index contributed by atoms with van der Waals surface area (Å²) in [4.78, 5) is 23.8. The molecule has 0 fully saturated rings. The van der Waals surface area contributed by atoms with Crippen molar-refractivity contribution in [1.82, 2.24) is 0 Å². The average molecular weight is 547 g/mol. The van der Waals surface area contributed by atoms with Crippen LogP contribution in [0.5, 0.6) is 0 Å². The molecule has 0 atom stereocenters. The number of carbonyl (C=O) groups excluding carboxylic acids is 2. The number of allylic oxidation sites excluding steroid dienone is 4. The van der Waals surface area contributed by atoms with E-state index in [1.807, 2.05) is 0 Å². The molecule has 0 aromatic carbocycles. The minimum atomic E-state index is -0.342. The lowest BCUT2D eigenvalue weighted by Gasteiger charge is -2.04. The summed E-state index contributed by atoms with van der Waals surface area (Å²) in [5, 5.41) is 0. The van der Waals surface area contributed by atoms with Crippen molar-refractivity contribution in [2.45, 2.75) is 194 Å². The number of hydrogen-bond donors (Lipinski definition) is 0. The molecule has 0 aromatic heterocycles. The molecule has 0 rings (SSSR count).